The molecule has 0 saturated carbocycles. The first-order valence-corrected chi connectivity index (χ1v) is 10.5. The molecule has 0 radical (unpaired) electrons. The Kier molecular flexibility index (Phi) is 6.31. The van der Waals surface area contributed by atoms with Crippen LogP contribution in [0.25, 0.3) is 17.0 Å². The number of fused-ring (bicyclic) bond motifs is 1. The van der Waals surface area contributed by atoms with E-state index in [1.165, 1.54) is 18.3 Å². The van der Waals surface area contributed by atoms with Crippen molar-refractivity contribution in [1.29, 1.82) is 0 Å². The van der Waals surface area contributed by atoms with Gasteiger partial charge in [-0.05, 0) is 58.0 Å². The second-order valence-corrected chi connectivity index (χ2v) is 7.98. The molecule has 0 atom stereocenters. The third kappa shape index (κ3) is 5.20. The number of benzene rings is 1. The highest BCUT2D eigenvalue weighted by atomic mass is 19.1. The standard InChI is InChI=1S/C22H25FN6O3/c1-14(2)32-22(31)26-16-10-24-21-27-19(12-29(21)11-16)17-9-15(5-6-18(17)23)25-20(30)13-28-7-3-4-8-28/h5-6,9-12,14H,3-4,7-8,13H2,1-2H3,(H,25,30)(H,26,31). The molecule has 1 aliphatic rings. The number of imidazole rings is 1. The van der Waals surface area contributed by atoms with Crippen LogP contribution >= 0.6 is 0 Å². The first kappa shape index (κ1) is 21.7. The molecule has 3 heterocycles. The van der Waals surface area contributed by atoms with E-state index >= 15 is 0 Å². The molecule has 168 valence electrons. The molecule has 4 rings (SSSR count). The summed E-state index contributed by atoms with van der Waals surface area (Å²) in [7, 11) is 0. The summed E-state index contributed by atoms with van der Waals surface area (Å²) in [4.78, 5) is 34.8. The quantitative estimate of drug-likeness (QED) is 0.608. The van der Waals surface area contributed by atoms with Gasteiger partial charge in [0.05, 0.1) is 30.2 Å². The molecule has 0 spiro atoms. The van der Waals surface area contributed by atoms with E-state index < -0.39 is 11.9 Å². The van der Waals surface area contributed by atoms with Crippen molar-refractivity contribution in [1.82, 2.24) is 19.3 Å². The predicted octanol–water partition coefficient (Wildman–Crippen LogP) is 3.53. The van der Waals surface area contributed by atoms with E-state index in [9.17, 15) is 14.0 Å². The summed E-state index contributed by atoms with van der Waals surface area (Å²) >= 11 is 0. The molecule has 1 saturated heterocycles. The van der Waals surface area contributed by atoms with E-state index in [-0.39, 0.29) is 17.6 Å². The van der Waals surface area contributed by atoms with E-state index in [4.69, 9.17) is 4.74 Å². The Bertz CT molecular complexity index is 1140. The van der Waals surface area contributed by atoms with Crippen LogP contribution in [-0.4, -0.2) is 57.0 Å². The Hall–Kier alpha value is -3.53. The minimum Gasteiger partial charge on any atom is -0.447 e. The van der Waals surface area contributed by atoms with Gasteiger partial charge < -0.3 is 10.1 Å². The van der Waals surface area contributed by atoms with Gasteiger partial charge in [-0.2, -0.15) is 0 Å². The van der Waals surface area contributed by atoms with Crippen molar-refractivity contribution in [2.24, 2.45) is 0 Å². The topological polar surface area (TPSA) is 101 Å². The summed E-state index contributed by atoms with van der Waals surface area (Å²) in [5, 5.41) is 5.42. The Morgan fingerprint density at radius 3 is 2.69 bits per heavy atom. The van der Waals surface area contributed by atoms with Gasteiger partial charge in [0, 0.05) is 23.6 Å². The number of nitrogens with zero attached hydrogens (tertiary/aromatic N) is 4. The van der Waals surface area contributed by atoms with E-state index in [1.54, 1.807) is 36.7 Å². The lowest BCUT2D eigenvalue weighted by molar-refractivity contribution is -0.117. The van der Waals surface area contributed by atoms with Crippen LogP contribution in [0.5, 0.6) is 0 Å². The number of anilines is 2. The monoisotopic (exact) mass is 440 g/mol. The van der Waals surface area contributed by atoms with Gasteiger partial charge in [0.1, 0.15) is 5.82 Å². The molecular formula is C22H25FN6O3. The molecular weight excluding hydrogens is 415 g/mol. The first-order valence-electron chi connectivity index (χ1n) is 10.5. The molecule has 1 fully saturated rings. The maximum Gasteiger partial charge on any atom is 0.411 e. The minimum atomic E-state index is -0.593. The van der Waals surface area contributed by atoms with E-state index in [0.717, 1.165) is 25.9 Å². The van der Waals surface area contributed by atoms with Crippen molar-refractivity contribution in [3.05, 3.63) is 42.6 Å². The highest BCUT2D eigenvalue weighted by molar-refractivity contribution is 5.93. The maximum absolute atomic E-state index is 14.6. The van der Waals surface area contributed by atoms with Crippen LogP contribution in [-0.2, 0) is 9.53 Å². The zero-order chi connectivity index (χ0) is 22.7. The summed E-state index contributed by atoms with van der Waals surface area (Å²) in [5.74, 6) is -0.263. The van der Waals surface area contributed by atoms with Crippen molar-refractivity contribution in [2.75, 3.05) is 30.3 Å². The molecule has 2 amide bonds. The third-order valence-corrected chi connectivity index (χ3v) is 4.99. The van der Waals surface area contributed by atoms with Gasteiger partial charge in [-0.3, -0.25) is 19.4 Å². The number of carbonyl (C=O) groups excluding carboxylic acids is 2. The van der Waals surface area contributed by atoms with Crippen LogP contribution in [0.2, 0.25) is 0 Å². The Morgan fingerprint density at radius 1 is 1.16 bits per heavy atom. The average molecular weight is 440 g/mol. The lowest BCUT2D eigenvalue weighted by Gasteiger charge is -2.14. The summed E-state index contributed by atoms with van der Waals surface area (Å²) in [6.45, 7) is 5.66. The molecule has 0 bridgehead atoms. The third-order valence-electron chi connectivity index (χ3n) is 4.99. The number of carbonyl (C=O) groups is 2. The van der Waals surface area contributed by atoms with E-state index in [0.29, 0.717) is 29.4 Å². The van der Waals surface area contributed by atoms with Gasteiger partial charge in [-0.15, -0.1) is 0 Å². The van der Waals surface area contributed by atoms with Crippen LogP contribution in [0, 0.1) is 5.82 Å². The lowest BCUT2D eigenvalue weighted by atomic mass is 10.1. The fourth-order valence-corrected chi connectivity index (χ4v) is 3.58. The number of ether oxygens (including phenoxy) is 1. The molecule has 10 heteroatoms. The Morgan fingerprint density at radius 2 is 1.94 bits per heavy atom. The molecule has 0 unspecified atom stereocenters. The molecule has 1 aromatic carbocycles. The number of amides is 2. The fraction of sp³-hybridized carbons (Fsp3) is 0.364. The zero-order valence-corrected chi connectivity index (χ0v) is 18.0. The zero-order valence-electron chi connectivity index (χ0n) is 18.0. The predicted molar refractivity (Wildman–Crippen MR) is 118 cm³/mol. The van der Waals surface area contributed by atoms with Crippen molar-refractivity contribution in [3.8, 4) is 11.3 Å². The molecule has 0 aliphatic carbocycles. The normalized spacial score (nSPS) is 14.1. The average Bonchev–Trinajstić information content (AvgIpc) is 3.38. The van der Waals surface area contributed by atoms with Gasteiger partial charge in [0.2, 0.25) is 11.7 Å². The van der Waals surface area contributed by atoms with Crippen molar-refractivity contribution < 1.29 is 18.7 Å². The van der Waals surface area contributed by atoms with Gasteiger partial charge in [0.15, 0.2) is 0 Å². The second-order valence-electron chi connectivity index (χ2n) is 7.98. The first-order chi connectivity index (χ1) is 15.4. The van der Waals surface area contributed by atoms with E-state index in [1.807, 2.05) is 0 Å². The number of rotatable bonds is 6. The largest absolute Gasteiger partial charge is 0.447 e. The van der Waals surface area contributed by atoms with Crippen LogP contribution in [0.4, 0.5) is 20.6 Å². The SMILES string of the molecule is CC(C)OC(=O)Nc1cnc2nc(-c3cc(NC(=O)CN4CCCC4)ccc3F)cn2c1. The van der Waals surface area contributed by atoms with Crippen molar-refractivity contribution in [2.45, 2.75) is 32.8 Å². The van der Waals surface area contributed by atoms with Crippen molar-refractivity contribution >= 4 is 29.2 Å². The lowest BCUT2D eigenvalue weighted by Crippen LogP contribution is -2.30. The van der Waals surface area contributed by atoms with Crippen LogP contribution < -0.4 is 10.6 Å². The fourth-order valence-electron chi connectivity index (χ4n) is 3.58. The van der Waals surface area contributed by atoms with Crippen molar-refractivity contribution in [3.63, 3.8) is 0 Å². The molecule has 2 aromatic heterocycles. The van der Waals surface area contributed by atoms with E-state index in [2.05, 4.69) is 25.5 Å². The summed E-state index contributed by atoms with van der Waals surface area (Å²) in [6.07, 6.45) is 6.02. The van der Waals surface area contributed by atoms with Gasteiger partial charge in [-0.1, -0.05) is 0 Å². The molecule has 9 nitrogen and oxygen atoms in total. The van der Waals surface area contributed by atoms with Crippen LogP contribution in [0.3, 0.4) is 0 Å². The Balaban J connectivity index is 1.51. The van der Waals surface area contributed by atoms with Gasteiger partial charge >= 0.3 is 6.09 Å². The number of aromatic nitrogens is 3. The number of nitrogens with one attached hydrogen (secondary N) is 2. The van der Waals surface area contributed by atoms with Gasteiger partial charge in [-0.25, -0.2) is 19.2 Å². The molecule has 3 aromatic rings. The van der Waals surface area contributed by atoms with Gasteiger partial charge in [0.25, 0.3) is 0 Å². The van der Waals surface area contributed by atoms with Crippen LogP contribution in [0.1, 0.15) is 26.7 Å². The highest BCUT2D eigenvalue weighted by Gasteiger charge is 2.17. The highest BCUT2D eigenvalue weighted by Crippen LogP contribution is 2.26. The Labute approximate surface area is 184 Å². The van der Waals surface area contributed by atoms with Crippen LogP contribution in [0.15, 0.2) is 36.8 Å². The second kappa shape index (κ2) is 9.31. The number of likely N-dealkylation sites (tertiary alicyclic amines) is 1. The number of hydrogen-bond acceptors (Lipinski definition) is 6. The molecule has 2 N–H and O–H groups in total. The summed E-state index contributed by atoms with van der Waals surface area (Å²) in [6, 6.07) is 4.38. The molecule has 32 heavy (non-hydrogen) atoms. The summed E-state index contributed by atoms with van der Waals surface area (Å²) in [5.41, 5.74) is 1.50. The number of halogens is 1. The molecule has 1 aliphatic heterocycles. The number of hydrogen-bond donors (Lipinski definition) is 2. The smallest absolute Gasteiger partial charge is 0.411 e. The maximum atomic E-state index is 14.6. The minimum absolute atomic E-state index is 0.134. The summed E-state index contributed by atoms with van der Waals surface area (Å²) < 4.78 is 21.2.